The number of halogens is 1. The van der Waals surface area contributed by atoms with E-state index in [0.29, 0.717) is 5.69 Å². The molecule has 0 spiro atoms. The highest BCUT2D eigenvalue weighted by Gasteiger charge is 2.24. The van der Waals surface area contributed by atoms with Crippen LogP contribution in [0.1, 0.15) is 11.8 Å². The molecule has 1 rings (SSSR count). The normalized spacial score (nSPS) is 14.3. The number of carboxylic acid groups (broad SMARTS) is 1. The zero-order valence-electron chi connectivity index (χ0n) is 6.54. The Labute approximate surface area is 80.2 Å². The van der Waals surface area contributed by atoms with Crippen molar-refractivity contribution in [1.82, 2.24) is 9.97 Å². The number of aliphatic carboxylic acids is 1. The van der Waals surface area contributed by atoms with Crippen molar-refractivity contribution >= 4 is 18.4 Å². The van der Waals surface area contributed by atoms with E-state index in [1.165, 1.54) is 12.5 Å². The second kappa shape index (κ2) is 4.80. The van der Waals surface area contributed by atoms with E-state index in [1.54, 1.807) is 0 Å². The maximum atomic E-state index is 10.3. The van der Waals surface area contributed by atoms with Crippen molar-refractivity contribution in [2.45, 2.75) is 12.1 Å². The second-order valence-electron chi connectivity index (χ2n) is 2.32. The van der Waals surface area contributed by atoms with E-state index in [2.05, 4.69) is 9.97 Å². The molecule has 0 fully saturated rings. The molecule has 0 aromatic carbocycles. The van der Waals surface area contributed by atoms with Gasteiger partial charge in [0.1, 0.15) is 12.1 Å². The van der Waals surface area contributed by atoms with Gasteiger partial charge >= 0.3 is 5.97 Å². The molecule has 2 atom stereocenters. The Hall–Kier alpha value is -1.11. The predicted molar refractivity (Wildman–Crippen MR) is 46.4 cm³/mol. The van der Waals surface area contributed by atoms with Crippen LogP contribution in [0.15, 0.2) is 12.5 Å². The first kappa shape index (κ1) is 11.9. The van der Waals surface area contributed by atoms with Crippen LogP contribution in [0.5, 0.6) is 0 Å². The minimum absolute atomic E-state index is 0. The number of aromatic amines is 1. The van der Waals surface area contributed by atoms with Crippen molar-refractivity contribution in [3.05, 3.63) is 18.2 Å². The summed E-state index contributed by atoms with van der Waals surface area (Å²) >= 11 is 0. The molecular formula is C6H10ClN3O3. The Bertz CT molecular complexity index is 264. The number of aliphatic hydroxyl groups is 1. The highest BCUT2D eigenvalue weighted by Crippen LogP contribution is 2.11. The predicted octanol–water partition coefficient (Wildman–Crippen LogP) is -0.723. The van der Waals surface area contributed by atoms with E-state index < -0.39 is 18.1 Å². The molecule has 1 heterocycles. The van der Waals surface area contributed by atoms with Crippen molar-refractivity contribution < 1.29 is 15.0 Å². The van der Waals surface area contributed by atoms with Gasteiger partial charge in [0.05, 0.1) is 18.2 Å². The number of carbonyl (C=O) groups is 1. The monoisotopic (exact) mass is 207 g/mol. The summed E-state index contributed by atoms with van der Waals surface area (Å²) in [5.74, 6) is -1.25. The number of H-pyrrole nitrogens is 1. The molecule has 74 valence electrons. The molecule has 0 radical (unpaired) electrons. The molecule has 7 heteroatoms. The summed E-state index contributed by atoms with van der Waals surface area (Å²) < 4.78 is 0. The van der Waals surface area contributed by atoms with Crippen LogP contribution >= 0.6 is 12.4 Å². The molecule has 0 saturated heterocycles. The van der Waals surface area contributed by atoms with Crippen LogP contribution in [0.4, 0.5) is 0 Å². The van der Waals surface area contributed by atoms with Crippen molar-refractivity contribution in [2.75, 3.05) is 0 Å². The molecule has 0 unspecified atom stereocenters. The lowest BCUT2D eigenvalue weighted by Crippen LogP contribution is -2.36. The third-order valence-electron chi connectivity index (χ3n) is 1.46. The SMILES string of the molecule is Cl.N[C@H](C(=O)O)[C@H](O)c1cnc[nH]1. The van der Waals surface area contributed by atoms with Crippen LogP contribution < -0.4 is 5.73 Å². The van der Waals surface area contributed by atoms with E-state index in [1.807, 2.05) is 0 Å². The maximum absolute atomic E-state index is 10.3. The average Bonchev–Trinajstić information content (AvgIpc) is 2.53. The lowest BCUT2D eigenvalue weighted by molar-refractivity contribution is -0.141. The number of aromatic nitrogens is 2. The number of carboxylic acids is 1. The largest absolute Gasteiger partial charge is 0.480 e. The van der Waals surface area contributed by atoms with Gasteiger partial charge in [0, 0.05) is 0 Å². The van der Waals surface area contributed by atoms with E-state index >= 15 is 0 Å². The summed E-state index contributed by atoms with van der Waals surface area (Å²) in [5, 5.41) is 17.7. The molecular weight excluding hydrogens is 198 g/mol. The fourth-order valence-corrected chi connectivity index (χ4v) is 0.757. The second-order valence-corrected chi connectivity index (χ2v) is 2.32. The number of aliphatic hydroxyl groups excluding tert-OH is 1. The van der Waals surface area contributed by atoms with Gasteiger partial charge in [-0.1, -0.05) is 0 Å². The lowest BCUT2D eigenvalue weighted by atomic mass is 10.1. The van der Waals surface area contributed by atoms with Gasteiger partial charge in [0.2, 0.25) is 0 Å². The topological polar surface area (TPSA) is 112 Å². The van der Waals surface area contributed by atoms with Crippen LogP contribution in [0.2, 0.25) is 0 Å². The fraction of sp³-hybridized carbons (Fsp3) is 0.333. The number of nitrogens with two attached hydrogens (primary N) is 1. The van der Waals surface area contributed by atoms with Gasteiger partial charge in [-0.2, -0.15) is 0 Å². The number of hydrogen-bond donors (Lipinski definition) is 4. The van der Waals surface area contributed by atoms with E-state index in [-0.39, 0.29) is 12.4 Å². The van der Waals surface area contributed by atoms with Crippen LogP contribution in [0, 0.1) is 0 Å². The summed E-state index contributed by atoms with van der Waals surface area (Å²) in [4.78, 5) is 16.5. The number of imidazole rings is 1. The van der Waals surface area contributed by atoms with Gasteiger partial charge < -0.3 is 20.9 Å². The van der Waals surface area contributed by atoms with Crippen LogP contribution in [0.3, 0.4) is 0 Å². The third kappa shape index (κ3) is 2.69. The van der Waals surface area contributed by atoms with Gasteiger partial charge in [0.15, 0.2) is 0 Å². The summed E-state index contributed by atoms with van der Waals surface area (Å²) in [6, 6.07) is -1.33. The molecule has 13 heavy (non-hydrogen) atoms. The maximum Gasteiger partial charge on any atom is 0.323 e. The van der Waals surface area contributed by atoms with E-state index in [4.69, 9.17) is 10.8 Å². The van der Waals surface area contributed by atoms with Crippen LogP contribution in [-0.2, 0) is 4.79 Å². The van der Waals surface area contributed by atoms with Crippen molar-refractivity contribution in [1.29, 1.82) is 0 Å². The number of rotatable bonds is 3. The standard InChI is InChI=1S/C6H9N3O3.ClH/c7-4(6(11)12)5(10)3-1-8-2-9-3;/h1-2,4-5,10H,7H2,(H,8,9)(H,11,12);1H/t4-,5+;/m0./s1. The summed E-state index contributed by atoms with van der Waals surface area (Å²) in [5.41, 5.74) is 5.45. The van der Waals surface area contributed by atoms with Crippen molar-refractivity contribution in [3.8, 4) is 0 Å². The molecule has 0 aliphatic rings. The molecule has 0 aliphatic heterocycles. The highest BCUT2D eigenvalue weighted by molar-refractivity contribution is 5.85. The molecule has 5 N–H and O–H groups in total. The highest BCUT2D eigenvalue weighted by atomic mass is 35.5. The molecule has 0 bridgehead atoms. The Kier molecular flexibility index (Phi) is 4.39. The van der Waals surface area contributed by atoms with Crippen molar-refractivity contribution in [2.24, 2.45) is 5.73 Å². The van der Waals surface area contributed by atoms with Crippen LogP contribution in [-0.4, -0.2) is 32.2 Å². The van der Waals surface area contributed by atoms with E-state index in [0.717, 1.165) is 0 Å². The Morgan fingerprint density at radius 2 is 2.31 bits per heavy atom. The molecule has 6 nitrogen and oxygen atoms in total. The van der Waals surface area contributed by atoms with Gasteiger partial charge in [0.25, 0.3) is 0 Å². The lowest BCUT2D eigenvalue weighted by Gasteiger charge is -2.12. The molecule has 0 saturated carbocycles. The van der Waals surface area contributed by atoms with Gasteiger partial charge in [-0.25, -0.2) is 4.98 Å². The quantitative estimate of drug-likeness (QED) is 0.523. The number of nitrogens with zero attached hydrogens (tertiary/aromatic N) is 1. The van der Waals surface area contributed by atoms with E-state index in [9.17, 15) is 9.90 Å². The molecule has 0 amide bonds. The number of nitrogens with one attached hydrogen (secondary N) is 1. The Morgan fingerprint density at radius 1 is 1.69 bits per heavy atom. The first-order valence-electron chi connectivity index (χ1n) is 3.27. The van der Waals surface area contributed by atoms with Gasteiger partial charge in [-0.3, -0.25) is 4.79 Å². The summed E-state index contributed by atoms with van der Waals surface area (Å²) in [6.45, 7) is 0. The third-order valence-corrected chi connectivity index (χ3v) is 1.46. The molecule has 1 aromatic heterocycles. The Morgan fingerprint density at radius 3 is 2.69 bits per heavy atom. The smallest absolute Gasteiger partial charge is 0.323 e. The molecule has 1 aromatic rings. The minimum atomic E-state index is -1.33. The Balaban J connectivity index is 0.00000144. The molecule has 0 aliphatic carbocycles. The van der Waals surface area contributed by atoms with Crippen LogP contribution in [0.25, 0.3) is 0 Å². The minimum Gasteiger partial charge on any atom is -0.480 e. The van der Waals surface area contributed by atoms with Gasteiger partial charge in [-0.05, 0) is 0 Å². The zero-order valence-corrected chi connectivity index (χ0v) is 7.36. The first-order valence-corrected chi connectivity index (χ1v) is 3.27. The van der Waals surface area contributed by atoms with Crippen molar-refractivity contribution in [3.63, 3.8) is 0 Å². The first-order chi connectivity index (χ1) is 5.63. The number of hydrogen-bond acceptors (Lipinski definition) is 4. The van der Waals surface area contributed by atoms with Gasteiger partial charge in [-0.15, -0.1) is 12.4 Å². The summed E-state index contributed by atoms with van der Waals surface area (Å²) in [6.07, 6.45) is 1.42. The average molecular weight is 208 g/mol. The summed E-state index contributed by atoms with van der Waals surface area (Å²) in [7, 11) is 0. The zero-order chi connectivity index (χ0) is 9.14. The fourth-order valence-electron chi connectivity index (χ4n) is 0.757.